The number of anilines is 1. The summed E-state index contributed by atoms with van der Waals surface area (Å²) in [6, 6.07) is 10.2. The molecule has 0 radical (unpaired) electrons. The Labute approximate surface area is 167 Å². The maximum absolute atomic E-state index is 13.2. The predicted octanol–water partition coefficient (Wildman–Crippen LogP) is 1.81. The van der Waals surface area contributed by atoms with Gasteiger partial charge in [-0.25, -0.2) is 4.98 Å². The molecule has 0 bridgehead atoms. The number of primary amides is 1. The van der Waals surface area contributed by atoms with Crippen molar-refractivity contribution in [3.63, 3.8) is 0 Å². The summed E-state index contributed by atoms with van der Waals surface area (Å²) in [5.74, 6) is -0.937. The van der Waals surface area contributed by atoms with Gasteiger partial charge in [-0.2, -0.15) is 0 Å². The lowest BCUT2D eigenvalue weighted by molar-refractivity contribution is -0.129. The van der Waals surface area contributed by atoms with Crippen molar-refractivity contribution in [3.8, 4) is 0 Å². The van der Waals surface area contributed by atoms with Crippen LogP contribution < -0.4 is 16.4 Å². The molecule has 5 N–H and O–H groups in total. The van der Waals surface area contributed by atoms with Gasteiger partial charge < -0.3 is 21.4 Å². The molecule has 0 spiro atoms. The number of hydrogen-bond acceptors (Lipinski definition) is 5. The number of aromatic amines is 1. The normalized spacial score (nSPS) is 20.6. The number of hydrogen-bond donors (Lipinski definition) is 4. The van der Waals surface area contributed by atoms with Crippen LogP contribution in [0.2, 0.25) is 0 Å². The van der Waals surface area contributed by atoms with Gasteiger partial charge in [-0.3, -0.25) is 14.6 Å². The van der Waals surface area contributed by atoms with Gasteiger partial charge in [0.1, 0.15) is 5.82 Å². The fourth-order valence-corrected chi connectivity index (χ4v) is 3.90. The van der Waals surface area contributed by atoms with Gasteiger partial charge in [0.05, 0.1) is 17.4 Å². The average molecular weight is 390 g/mol. The van der Waals surface area contributed by atoms with Crippen molar-refractivity contribution in [2.24, 2.45) is 10.7 Å². The third-order valence-electron chi connectivity index (χ3n) is 5.25. The van der Waals surface area contributed by atoms with Crippen molar-refractivity contribution in [1.29, 1.82) is 0 Å². The molecule has 0 saturated carbocycles. The van der Waals surface area contributed by atoms with Gasteiger partial charge in [0.25, 0.3) is 11.8 Å². The first-order valence-electron chi connectivity index (χ1n) is 9.26. The van der Waals surface area contributed by atoms with Gasteiger partial charge in [0.2, 0.25) is 5.54 Å². The summed E-state index contributed by atoms with van der Waals surface area (Å²) in [4.78, 5) is 37.6. The molecule has 2 amide bonds. The molecule has 1 aromatic heterocycles. The Balaban J connectivity index is 1.74. The Kier molecular flexibility index (Phi) is 4.34. The van der Waals surface area contributed by atoms with Gasteiger partial charge >= 0.3 is 0 Å². The van der Waals surface area contributed by atoms with E-state index in [2.05, 4.69) is 25.6 Å². The minimum atomic E-state index is -1.60. The molecule has 1 aliphatic heterocycles. The molecule has 2 atom stereocenters. The molecule has 8 heteroatoms. The van der Waals surface area contributed by atoms with E-state index in [9.17, 15) is 9.59 Å². The Hall–Kier alpha value is -3.68. The Morgan fingerprint density at radius 2 is 1.83 bits per heavy atom. The number of aliphatic imine (C=N–C) groups is 1. The third kappa shape index (κ3) is 2.93. The monoisotopic (exact) mass is 390 g/mol. The number of carbonyl (C=O) groups is 2. The molecule has 2 heterocycles. The lowest BCUT2D eigenvalue weighted by Gasteiger charge is -2.29. The maximum atomic E-state index is 13.2. The zero-order valence-corrected chi connectivity index (χ0v) is 16.4. The van der Waals surface area contributed by atoms with Crippen LogP contribution >= 0.6 is 0 Å². The van der Waals surface area contributed by atoms with E-state index in [0.29, 0.717) is 11.2 Å². The van der Waals surface area contributed by atoms with Crippen LogP contribution in [-0.4, -0.2) is 34.2 Å². The molecule has 2 unspecified atom stereocenters. The third-order valence-corrected chi connectivity index (χ3v) is 5.25. The van der Waals surface area contributed by atoms with Gasteiger partial charge in [0, 0.05) is 5.69 Å². The smallest absolute Gasteiger partial charge is 0.253 e. The lowest BCUT2D eigenvalue weighted by atomic mass is 9.88. The van der Waals surface area contributed by atoms with E-state index in [1.807, 2.05) is 57.2 Å². The highest BCUT2D eigenvalue weighted by Crippen LogP contribution is 2.31. The van der Waals surface area contributed by atoms with Gasteiger partial charge in [-0.15, -0.1) is 0 Å². The summed E-state index contributed by atoms with van der Waals surface area (Å²) in [7, 11) is 0. The number of para-hydroxylation sites is 2. The van der Waals surface area contributed by atoms with Gasteiger partial charge in [-0.1, -0.05) is 29.8 Å². The number of rotatable bonds is 4. The molecule has 0 fully saturated rings. The van der Waals surface area contributed by atoms with E-state index >= 15 is 0 Å². The van der Waals surface area contributed by atoms with Crippen molar-refractivity contribution in [2.75, 3.05) is 5.32 Å². The molecule has 0 saturated heterocycles. The van der Waals surface area contributed by atoms with Crippen molar-refractivity contribution < 1.29 is 9.59 Å². The average Bonchev–Trinajstić information content (AvgIpc) is 3.29. The summed E-state index contributed by atoms with van der Waals surface area (Å²) in [5.41, 5.74) is 9.23. The van der Waals surface area contributed by atoms with Crippen LogP contribution in [0.5, 0.6) is 0 Å². The van der Waals surface area contributed by atoms with E-state index in [4.69, 9.17) is 5.73 Å². The predicted molar refractivity (Wildman–Crippen MR) is 112 cm³/mol. The van der Waals surface area contributed by atoms with E-state index in [0.717, 1.165) is 22.2 Å². The van der Waals surface area contributed by atoms with Crippen LogP contribution in [-0.2, 0) is 15.1 Å². The number of fused-ring (bicyclic) bond motifs is 1. The standard InChI is InChI=1S/C21H22N6O2/c1-11-8-12(2)16(13(3)9-11)27-18(28)17-21(19(22)29,24-10-23-17)20-25-14-6-4-5-7-15(14)26-20/h4-10,17H,1-3H3,(H2,22,29)(H,23,24)(H,25,26)(H,27,28). The van der Waals surface area contributed by atoms with Crippen molar-refractivity contribution in [1.82, 2.24) is 15.3 Å². The first kappa shape index (κ1) is 18.7. The number of imidazole rings is 1. The molecule has 4 rings (SSSR count). The molecular weight excluding hydrogens is 368 g/mol. The van der Waals surface area contributed by atoms with Crippen LogP contribution in [0, 0.1) is 20.8 Å². The molecule has 0 aliphatic carbocycles. The van der Waals surface area contributed by atoms with Crippen LogP contribution in [0.4, 0.5) is 5.69 Å². The number of aryl methyl sites for hydroxylation is 3. The number of amides is 2. The number of nitrogens with zero attached hydrogens (tertiary/aromatic N) is 2. The largest absolute Gasteiger partial charge is 0.367 e. The second kappa shape index (κ2) is 6.73. The summed E-state index contributed by atoms with van der Waals surface area (Å²) in [6.45, 7) is 5.84. The maximum Gasteiger partial charge on any atom is 0.253 e. The van der Waals surface area contributed by atoms with Crippen LogP contribution in [0.25, 0.3) is 11.0 Å². The van der Waals surface area contributed by atoms with Crippen LogP contribution in [0.3, 0.4) is 0 Å². The lowest BCUT2D eigenvalue weighted by Crippen LogP contribution is -2.59. The molecule has 3 aromatic rings. The Morgan fingerprint density at radius 3 is 2.48 bits per heavy atom. The van der Waals surface area contributed by atoms with Gasteiger partial charge in [0.15, 0.2) is 6.04 Å². The first-order chi connectivity index (χ1) is 13.8. The number of carbonyl (C=O) groups excluding carboxylic acids is 2. The number of nitrogens with two attached hydrogens (primary N) is 1. The number of aromatic nitrogens is 2. The van der Waals surface area contributed by atoms with E-state index in [1.165, 1.54) is 6.34 Å². The minimum Gasteiger partial charge on any atom is -0.367 e. The highest BCUT2D eigenvalue weighted by molar-refractivity contribution is 6.05. The summed E-state index contributed by atoms with van der Waals surface area (Å²) < 4.78 is 0. The van der Waals surface area contributed by atoms with Gasteiger partial charge in [-0.05, 0) is 44.0 Å². The van der Waals surface area contributed by atoms with Crippen molar-refractivity contribution >= 4 is 34.9 Å². The summed E-state index contributed by atoms with van der Waals surface area (Å²) in [6.07, 6.45) is 1.33. The number of nitrogens with one attached hydrogen (secondary N) is 3. The fourth-order valence-electron chi connectivity index (χ4n) is 3.90. The summed E-state index contributed by atoms with van der Waals surface area (Å²) >= 11 is 0. The summed E-state index contributed by atoms with van der Waals surface area (Å²) in [5, 5.41) is 5.80. The number of benzene rings is 2. The zero-order valence-electron chi connectivity index (χ0n) is 16.4. The Bertz CT molecular complexity index is 1110. The highest BCUT2D eigenvalue weighted by atomic mass is 16.2. The molecule has 29 heavy (non-hydrogen) atoms. The quantitative estimate of drug-likeness (QED) is 0.542. The fraction of sp³-hybridized carbons (Fsp3) is 0.238. The SMILES string of the molecule is Cc1cc(C)c(NC(=O)C2N=CNC2(C(N)=O)c2nc3ccccc3[nH]2)c(C)c1. The Morgan fingerprint density at radius 1 is 1.14 bits per heavy atom. The highest BCUT2D eigenvalue weighted by Gasteiger charge is 2.54. The first-order valence-corrected chi connectivity index (χ1v) is 9.26. The van der Waals surface area contributed by atoms with E-state index < -0.39 is 23.4 Å². The van der Waals surface area contributed by atoms with E-state index in [1.54, 1.807) is 0 Å². The van der Waals surface area contributed by atoms with Crippen LogP contribution in [0.15, 0.2) is 41.4 Å². The minimum absolute atomic E-state index is 0.251. The van der Waals surface area contributed by atoms with E-state index in [-0.39, 0.29) is 5.82 Å². The molecular formula is C21H22N6O2. The van der Waals surface area contributed by atoms with Crippen molar-refractivity contribution in [3.05, 3.63) is 58.9 Å². The molecule has 148 valence electrons. The van der Waals surface area contributed by atoms with Crippen LogP contribution in [0.1, 0.15) is 22.5 Å². The number of H-pyrrole nitrogens is 1. The molecule has 8 nitrogen and oxygen atoms in total. The molecule has 2 aromatic carbocycles. The molecule has 1 aliphatic rings. The topological polar surface area (TPSA) is 125 Å². The second-order valence-corrected chi connectivity index (χ2v) is 7.36. The zero-order chi connectivity index (χ0) is 20.8. The second-order valence-electron chi connectivity index (χ2n) is 7.36. The van der Waals surface area contributed by atoms with Crippen molar-refractivity contribution in [2.45, 2.75) is 32.4 Å².